The number of pyridine rings is 1. The number of rotatable bonds is 9. The third-order valence-electron chi connectivity index (χ3n) is 12.6. The minimum absolute atomic E-state index is 0.183. The number of fused-ring (bicyclic) bond motifs is 3. The number of allylic oxidation sites excluding steroid dienone is 1. The molecule has 0 saturated heterocycles. The van der Waals surface area contributed by atoms with Crippen LogP contribution in [0.15, 0.2) is 61.2 Å². The van der Waals surface area contributed by atoms with Gasteiger partial charge in [-0.15, -0.1) is 0 Å². The molecule has 0 radical (unpaired) electrons. The molecule has 2 aromatic heterocycles. The van der Waals surface area contributed by atoms with Gasteiger partial charge in [0.25, 0.3) is 0 Å². The molecule has 0 atom stereocenters. The molecule has 0 aliphatic heterocycles. The Balaban J connectivity index is 1.15. The molecule has 2 heterocycles. The molecule has 1 aromatic carbocycles. The second-order valence-corrected chi connectivity index (χ2v) is 15.1. The second kappa shape index (κ2) is 11.2. The maximum Gasteiger partial charge on any atom is 0.133 e. The molecule has 5 aliphatic carbocycles. The highest BCUT2D eigenvalue weighted by Crippen LogP contribution is 2.58. The molecule has 8 rings (SSSR count). The number of aryl methyl sites for hydroxylation is 2. The Labute approximate surface area is 260 Å². The van der Waals surface area contributed by atoms with Crippen molar-refractivity contribution >= 4 is 5.82 Å². The standard InChI is InChI=1S/C39H52N4/c1-5-31-12-13-35(24-29(31)2)39-20-17-38(18-21-39,19-22-39)28-42(30(3)32-10-7-6-8-11-32)36-25-33(14-23-40-36)34-26-41-43(27-34)37(4)15-9-16-37/h12-14,23-27,32H,3,5-11,15-22,28H2,1-2,4H3. The summed E-state index contributed by atoms with van der Waals surface area (Å²) in [7, 11) is 0. The summed E-state index contributed by atoms with van der Waals surface area (Å²) in [5.74, 6) is 1.65. The second-order valence-electron chi connectivity index (χ2n) is 15.1. The van der Waals surface area contributed by atoms with E-state index in [-0.39, 0.29) is 5.54 Å². The topological polar surface area (TPSA) is 34.0 Å². The Bertz CT molecular complexity index is 1450. The molecule has 0 unspecified atom stereocenters. The lowest BCUT2D eigenvalue weighted by Crippen LogP contribution is -2.49. The first-order valence-corrected chi connectivity index (χ1v) is 17.4. The summed E-state index contributed by atoms with van der Waals surface area (Å²) in [6.45, 7) is 12.8. The summed E-state index contributed by atoms with van der Waals surface area (Å²) in [6.07, 6.45) is 25.6. The molecule has 5 fully saturated rings. The van der Waals surface area contributed by atoms with E-state index >= 15 is 0 Å². The van der Waals surface area contributed by atoms with E-state index in [9.17, 15) is 0 Å². The van der Waals surface area contributed by atoms with Gasteiger partial charge in [0, 0.05) is 30.2 Å². The van der Waals surface area contributed by atoms with Crippen LogP contribution in [-0.2, 0) is 17.4 Å². The van der Waals surface area contributed by atoms with Gasteiger partial charge in [0.2, 0.25) is 0 Å². The molecule has 5 aliphatic rings. The molecule has 0 N–H and O–H groups in total. The van der Waals surface area contributed by atoms with Gasteiger partial charge in [0.05, 0.1) is 11.7 Å². The van der Waals surface area contributed by atoms with Gasteiger partial charge in [-0.25, -0.2) is 4.98 Å². The number of hydrogen-bond acceptors (Lipinski definition) is 3. The number of hydrogen-bond donors (Lipinski definition) is 0. The van der Waals surface area contributed by atoms with Crippen molar-refractivity contribution < 1.29 is 0 Å². The SMILES string of the molecule is C=C(C1CCCCC1)N(CC12CCC(c3ccc(CC)c(C)c3)(CC1)CC2)c1cc(-c2cnn(C3(C)CCC3)c2)ccn1. The summed E-state index contributed by atoms with van der Waals surface area (Å²) in [6, 6.07) is 11.9. The molecule has 5 saturated carbocycles. The predicted octanol–water partition coefficient (Wildman–Crippen LogP) is 9.91. The van der Waals surface area contributed by atoms with E-state index in [4.69, 9.17) is 16.7 Å². The van der Waals surface area contributed by atoms with Crippen LogP contribution in [0.4, 0.5) is 5.82 Å². The summed E-state index contributed by atoms with van der Waals surface area (Å²) >= 11 is 0. The van der Waals surface area contributed by atoms with Gasteiger partial charge in [0.1, 0.15) is 5.82 Å². The third kappa shape index (κ3) is 5.27. The van der Waals surface area contributed by atoms with Gasteiger partial charge in [-0.05, 0) is 142 Å². The maximum atomic E-state index is 5.03. The van der Waals surface area contributed by atoms with Crippen LogP contribution in [0, 0.1) is 18.3 Å². The first-order chi connectivity index (χ1) is 20.8. The van der Waals surface area contributed by atoms with Crippen LogP contribution in [0.1, 0.15) is 120 Å². The van der Waals surface area contributed by atoms with Gasteiger partial charge >= 0.3 is 0 Å². The summed E-state index contributed by atoms with van der Waals surface area (Å²) in [5.41, 5.74) is 9.20. The van der Waals surface area contributed by atoms with Crippen LogP contribution >= 0.6 is 0 Å². The third-order valence-corrected chi connectivity index (χ3v) is 12.6. The number of benzene rings is 1. The number of nitrogens with zero attached hydrogens (tertiary/aromatic N) is 4. The van der Waals surface area contributed by atoms with Gasteiger partial charge < -0.3 is 4.90 Å². The number of anilines is 1. The van der Waals surface area contributed by atoms with Gasteiger partial charge in [-0.1, -0.05) is 51.0 Å². The van der Waals surface area contributed by atoms with Crippen LogP contribution in [0.5, 0.6) is 0 Å². The van der Waals surface area contributed by atoms with Crippen molar-refractivity contribution in [2.24, 2.45) is 11.3 Å². The fourth-order valence-electron chi connectivity index (χ4n) is 9.11. The highest BCUT2D eigenvalue weighted by atomic mass is 15.3. The molecule has 4 nitrogen and oxygen atoms in total. The normalized spacial score (nSPS) is 26.7. The Kier molecular flexibility index (Phi) is 7.54. The van der Waals surface area contributed by atoms with E-state index < -0.39 is 0 Å². The molecule has 0 spiro atoms. The van der Waals surface area contributed by atoms with Crippen molar-refractivity contribution in [3.8, 4) is 11.1 Å². The minimum atomic E-state index is 0.183. The van der Waals surface area contributed by atoms with E-state index in [2.05, 4.69) is 73.1 Å². The highest BCUT2D eigenvalue weighted by molar-refractivity contribution is 5.66. The molecule has 3 aromatic rings. The molecule has 43 heavy (non-hydrogen) atoms. The van der Waals surface area contributed by atoms with Crippen molar-refractivity contribution in [1.29, 1.82) is 0 Å². The quantitative estimate of drug-likeness (QED) is 0.254. The summed E-state index contributed by atoms with van der Waals surface area (Å²) in [5, 5.41) is 4.80. The van der Waals surface area contributed by atoms with Crippen LogP contribution in [-0.4, -0.2) is 21.3 Å². The van der Waals surface area contributed by atoms with E-state index in [1.165, 1.54) is 118 Å². The Morgan fingerprint density at radius 2 is 1.67 bits per heavy atom. The van der Waals surface area contributed by atoms with E-state index in [1.807, 2.05) is 6.20 Å². The van der Waals surface area contributed by atoms with Crippen molar-refractivity contribution in [1.82, 2.24) is 14.8 Å². The lowest BCUT2D eigenvalue weighted by atomic mass is 9.51. The van der Waals surface area contributed by atoms with Gasteiger partial charge in [-0.2, -0.15) is 5.10 Å². The van der Waals surface area contributed by atoms with Crippen molar-refractivity contribution in [2.45, 2.75) is 128 Å². The zero-order valence-electron chi connectivity index (χ0n) is 27.0. The molecular weight excluding hydrogens is 524 g/mol. The first kappa shape index (κ1) is 28.9. The van der Waals surface area contributed by atoms with Crippen LogP contribution in [0.25, 0.3) is 11.1 Å². The van der Waals surface area contributed by atoms with Crippen molar-refractivity contribution in [2.75, 3.05) is 11.4 Å². The molecule has 4 heteroatoms. The van der Waals surface area contributed by atoms with Gasteiger partial charge in [-0.3, -0.25) is 4.68 Å². The average molecular weight is 577 g/mol. The van der Waals surface area contributed by atoms with Crippen LogP contribution in [0.3, 0.4) is 0 Å². The fourth-order valence-corrected chi connectivity index (χ4v) is 9.11. The Hall–Kier alpha value is -2.88. The monoisotopic (exact) mass is 576 g/mol. The van der Waals surface area contributed by atoms with E-state index in [0.717, 1.165) is 18.8 Å². The van der Waals surface area contributed by atoms with Crippen LogP contribution in [0.2, 0.25) is 0 Å². The summed E-state index contributed by atoms with van der Waals surface area (Å²) < 4.78 is 2.21. The highest BCUT2D eigenvalue weighted by Gasteiger charge is 2.50. The molecular formula is C39H52N4. The smallest absolute Gasteiger partial charge is 0.133 e. The van der Waals surface area contributed by atoms with E-state index in [0.29, 0.717) is 16.7 Å². The maximum absolute atomic E-state index is 5.03. The lowest BCUT2D eigenvalue weighted by Gasteiger charge is -2.55. The molecule has 2 bridgehead atoms. The van der Waals surface area contributed by atoms with E-state index in [1.54, 1.807) is 5.56 Å². The van der Waals surface area contributed by atoms with Gasteiger partial charge in [0.15, 0.2) is 0 Å². The zero-order valence-corrected chi connectivity index (χ0v) is 27.0. The lowest BCUT2D eigenvalue weighted by molar-refractivity contribution is 0.0459. The average Bonchev–Trinajstić information content (AvgIpc) is 3.55. The Morgan fingerprint density at radius 1 is 0.930 bits per heavy atom. The predicted molar refractivity (Wildman–Crippen MR) is 178 cm³/mol. The minimum Gasteiger partial charge on any atom is -0.330 e. The largest absolute Gasteiger partial charge is 0.330 e. The van der Waals surface area contributed by atoms with Crippen LogP contribution < -0.4 is 4.90 Å². The van der Waals surface area contributed by atoms with Crippen molar-refractivity contribution in [3.05, 3.63) is 77.9 Å². The Morgan fingerprint density at radius 3 is 2.33 bits per heavy atom. The first-order valence-electron chi connectivity index (χ1n) is 17.4. The number of aromatic nitrogens is 3. The fraction of sp³-hybridized carbons (Fsp3) is 0.590. The zero-order chi connectivity index (χ0) is 29.7. The summed E-state index contributed by atoms with van der Waals surface area (Å²) in [4.78, 5) is 7.61. The molecule has 0 amide bonds. The molecule has 228 valence electrons. The van der Waals surface area contributed by atoms with Crippen molar-refractivity contribution in [3.63, 3.8) is 0 Å².